The van der Waals surface area contributed by atoms with Gasteiger partial charge in [0, 0.05) is 19.8 Å². The topological polar surface area (TPSA) is 35.2 Å². The van der Waals surface area contributed by atoms with Crippen LogP contribution in [0.25, 0.3) is 0 Å². The van der Waals surface area contributed by atoms with Crippen LogP contribution in [0.2, 0.25) is 0 Å². The molecule has 1 aromatic carbocycles. The number of ether oxygens (including phenoxy) is 1. The van der Waals surface area contributed by atoms with Crippen LogP contribution >= 0.6 is 0 Å². The molecule has 0 aromatic heterocycles. The van der Waals surface area contributed by atoms with Gasteiger partial charge in [0.1, 0.15) is 0 Å². The van der Waals surface area contributed by atoms with Crippen molar-refractivity contribution >= 4 is 0 Å². The Bertz CT molecular complexity index is 379. The zero-order valence-electron chi connectivity index (χ0n) is 10.5. The van der Waals surface area contributed by atoms with Crippen LogP contribution in [0.4, 0.5) is 13.2 Å². The molecule has 0 amide bonds. The first-order valence-electron chi connectivity index (χ1n) is 5.78. The standard InChI is InChI=1S/C13H18F3NO/c1-9(7-8-18-2)12(17)10-5-3-4-6-11(10)13(14,15)16/h3-6,9,12H,7-8,17H2,1-2H3. The van der Waals surface area contributed by atoms with E-state index in [0.717, 1.165) is 6.07 Å². The minimum Gasteiger partial charge on any atom is -0.385 e. The summed E-state index contributed by atoms with van der Waals surface area (Å²) in [5, 5.41) is 0. The van der Waals surface area contributed by atoms with Gasteiger partial charge >= 0.3 is 6.18 Å². The van der Waals surface area contributed by atoms with Gasteiger partial charge in [-0.05, 0) is 24.0 Å². The van der Waals surface area contributed by atoms with Crippen LogP contribution < -0.4 is 5.73 Å². The fourth-order valence-electron chi connectivity index (χ4n) is 1.84. The van der Waals surface area contributed by atoms with Crippen molar-refractivity contribution in [3.05, 3.63) is 35.4 Å². The average Bonchev–Trinajstić information content (AvgIpc) is 2.34. The maximum atomic E-state index is 12.8. The Labute approximate surface area is 105 Å². The van der Waals surface area contributed by atoms with Gasteiger partial charge in [0.15, 0.2) is 0 Å². The molecule has 0 heterocycles. The van der Waals surface area contributed by atoms with E-state index in [1.54, 1.807) is 13.2 Å². The van der Waals surface area contributed by atoms with Gasteiger partial charge in [-0.2, -0.15) is 13.2 Å². The summed E-state index contributed by atoms with van der Waals surface area (Å²) in [7, 11) is 1.56. The lowest BCUT2D eigenvalue weighted by Gasteiger charge is -2.23. The van der Waals surface area contributed by atoms with Crippen LogP contribution in [-0.4, -0.2) is 13.7 Å². The zero-order chi connectivity index (χ0) is 13.8. The van der Waals surface area contributed by atoms with Crippen molar-refractivity contribution in [3.8, 4) is 0 Å². The van der Waals surface area contributed by atoms with Gasteiger partial charge < -0.3 is 10.5 Å². The number of nitrogens with two attached hydrogens (primary N) is 1. The van der Waals surface area contributed by atoms with Gasteiger partial charge in [-0.15, -0.1) is 0 Å². The van der Waals surface area contributed by atoms with Crippen molar-refractivity contribution in [3.63, 3.8) is 0 Å². The Hall–Kier alpha value is -1.07. The SMILES string of the molecule is COCCC(C)C(N)c1ccccc1C(F)(F)F. The third kappa shape index (κ3) is 3.71. The quantitative estimate of drug-likeness (QED) is 0.881. The zero-order valence-corrected chi connectivity index (χ0v) is 10.5. The molecule has 2 atom stereocenters. The van der Waals surface area contributed by atoms with Gasteiger partial charge in [0.05, 0.1) is 5.56 Å². The maximum absolute atomic E-state index is 12.8. The molecule has 2 unspecified atom stereocenters. The molecule has 1 rings (SSSR count). The lowest BCUT2D eigenvalue weighted by atomic mass is 9.90. The van der Waals surface area contributed by atoms with E-state index in [4.69, 9.17) is 10.5 Å². The third-order valence-electron chi connectivity index (χ3n) is 3.02. The van der Waals surface area contributed by atoms with Crippen LogP contribution in [0, 0.1) is 5.92 Å². The van der Waals surface area contributed by atoms with Crippen LogP contribution in [-0.2, 0) is 10.9 Å². The largest absolute Gasteiger partial charge is 0.416 e. The van der Waals surface area contributed by atoms with Crippen LogP contribution in [0.15, 0.2) is 24.3 Å². The summed E-state index contributed by atoms with van der Waals surface area (Å²) >= 11 is 0. The van der Waals surface area contributed by atoms with Crippen LogP contribution in [0.3, 0.4) is 0 Å². The maximum Gasteiger partial charge on any atom is 0.416 e. The highest BCUT2D eigenvalue weighted by molar-refractivity contribution is 5.32. The fraction of sp³-hybridized carbons (Fsp3) is 0.538. The molecule has 2 N–H and O–H groups in total. The molecule has 0 aliphatic carbocycles. The molecule has 0 saturated heterocycles. The van der Waals surface area contributed by atoms with E-state index in [2.05, 4.69) is 0 Å². The molecule has 102 valence electrons. The minimum absolute atomic E-state index is 0.0755. The summed E-state index contributed by atoms with van der Waals surface area (Å²) in [4.78, 5) is 0. The molecule has 0 aliphatic heterocycles. The minimum atomic E-state index is -4.37. The smallest absolute Gasteiger partial charge is 0.385 e. The van der Waals surface area contributed by atoms with E-state index in [-0.39, 0.29) is 11.5 Å². The average molecular weight is 261 g/mol. The Morgan fingerprint density at radius 3 is 2.44 bits per heavy atom. The number of alkyl halides is 3. The Kier molecular flexibility index (Phi) is 5.16. The van der Waals surface area contributed by atoms with Crippen molar-refractivity contribution in [1.82, 2.24) is 0 Å². The molecule has 18 heavy (non-hydrogen) atoms. The monoisotopic (exact) mass is 261 g/mol. The van der Waals surface area contributed by atoms with Crippen LogP contribution in [0.5, 0.6) is 0 Å². The summed E-state index contributed by atoms with van der Waals surface area (Å²) in [6, 6.07) is 4.82. The van der Waals surface area contributed by atoms with Gasteiger partial charge in [-0.25, -0.2) is 0 Å². The molecule has 0 aliphatic rings. The normalized spacial score (nSPS) is 15.4. The second kappa shape index (κ2) is 6.20. The van der Waals surface area contributed by atoms with E-state index in [9.17, 15) is 13.2 Å². The molecule has 2 nitrogen and oxygen atoms in total. The van der Waals surface area contributed by atoms with E-state index < -0.39 is 17.8 Å². The molecule has 0 bridgehead atoms. The molecule has 0 saturated carbocycles. The first kappa shape index (κ1) is 15.0. The second-order valence-corrected chi connectivity index (χ2v) is 4.37. The summed E-state index contributed by atoms with van der Waals surface area (Å²) in [5.74, 6) is -0.0755. The van der Waals surface area contributed by atoms with Crippen LogP contribution in [0.1, 0.15) is 30.5 Å². The van der Waals surface area contributed by atoms with Gasteiger partial charge in [-0.1, -0.05) is 25.1 Å². The molecular weight excluding hydrogens is 243 g/mol. The summed E-state index contributed by atoms with van der Waals surface area (Å²) in [6.07, 6.45) is -3.74. The number of benzene rings is 1. The van der Waals surface area contributed by atoms with Gasteiger partial charge in [0.2, 0.25) is 0 Å². The van der Waals surface area contributed by atoms with Crippen molar-refractivity contribution in [2.45, 2.75) is 25.6 Å². The molecular formula is C13H18F3NO. The molecule has 0 radical (unpaired) electrons. The van der Waals surface area contributed by atoms with Crippen molar-refractivity contribution in [2.24, 2.45) is 11.7 Å². The number of hydrogen-bond acceptors (Lipinski definition) is 2. The van der Waals surface area contributed by atoms with Gasteiger partial charge in [-0.3, -0.25) is 0 Å². The van der Waals surface area contributed by atoms with E-state index >= 15 is 0 Å². The second-order valence-electron chi connectivity index (χ2n) is 4.37. The first-order chi connectivity index (χ1) is 8.38. The predicted molar refractivity (Wildman–Crippen MR) is 64.0 cm³/mol. The Morgan fingerprint density at radius 1 is 1.28 bits per heavy atom. The molecule has 1 aromatic rings. The van der Waals surface area contributed by atoms with E-state index in [0.29, 0.717) is 13.0 Å². The first-order valence-corrected chi connectivity index (χ1v) is 5.78. The number of halogens is 3. The molecule has 0 fully saturated rings. The number of rotatable bonds is 5. The Balaban J connectivity index is 2.95. The predicted octanol–water partition coefficient (Wildman–Crippen LogP) is 3.38. The van der Waals surface area contributed by atoms with Gasteiger partial charge in [0.25, 0.3) is 0 Å². The van der Waals surface area contributed by atoms with Crippen molar-refractivity contribution < 1.29 is 17.9 Å². The third-order valence-corrected chi connectivity index (χ3v) is 3.02. The number of hydrogen-bond donors (Lipinski definition) is 1. The van der Waals surface area contributed by atoms with E-state index in [1.165, 1.54) is 12.1 Å². The highest BCUT2D eigenvalue weighted by Gasteiger charge is 2.35. The van der Waals surface area contributed by atoms with Crippen molar-refractivity contribution in [2.75, 3.05) is 13.7 Å². The highest BCUT2D eigenvalue weighted by atomic mass is 19.4. The summed E-state index contributed by atoms with van der Waals surface area (Å²) < 4.78 is 43.4. The van der Waals surface area contributed by atoms with E-state index in [1.807, 2.05) is 6.92 Å². The highest BCUT2D eigenvalue weighted by Crippen LogP contribution is 2.36. The molecule has 5 heteroatoms. The lowest BCUT2D eigenvalue weighted by molar-refractivity contribution is -0.138. The fourth-order valence-corrected chi connectivity index (χ4v) is 1.84. The lowest BCUT2D eigenvalue weighted by Crippen LogP contribution is -2.24. The molecule has 0 spiro atoms. The number of methoxy groups -OCH3 is 1. The summed E-state index contributed by atoms with van der Waals surface area (Å²) in [6.45, 7) is 2.32. The van der Waals surface area contributed by atoms with Crippen molar-refractivity contribution in [1.29, 1.82) is 0 Å². The Morgan fingerprint density at radius 2 is 1.89 bits per heavy atom. The summed E-state index contributed by atoms with van der Waals surface area (Å²) in [5.41, 5.74) is 5.42.